The van der Waals surface area contributed by atoms with Crippen LogP contribution in [0.4, 0.5) is 11.8 Å². The molecular formula is C19H21N5O6S. The highest BCUT2D eigenvalue weighted by Gasteiger charge is 2.22. The van der Waals surface area contributed by atoms with Crippen LogP contribution in [0.25, 0.3) is 11.1 Å². The topological polar surface area (TPSA) is 195 Å². The zero-order chi connectivity index (χ0) is 22.5. The van der Waals surface area contributed by atoms with E-state index in [1.54, 1.807) is 17.7 Å². The Bertz CT molecular complexity index is 1120. The number of aliphatic carboxylic acids is 2. The van der Waals surface area contributed by atoms with Crippen LogP contribution in [0.1, 0.15) is 40.1 Å². The molecule has 3 rings (SSSR count). The van der Waals surface area contributed by atoms with Gasteiger partial charge < -0.3 is 31.4 Å². The Labute approximate surface area is 180 Å². The van der Waals surface area contributed by atoms with Gasteiger partial charge in [0.1, 0.15) is 11.9 Å². The van der Waals surface area contributed by atoms with Crippen LogP contribution in [0.3, 0.4) is 0 Å². The first kappa shape index (κ1) is 22.0. The summed E-state index contributed by atoms with van der Waals surface area (Å²) in [5, 5.41) is 22.5. The molecule has 0 radical (unpaired) electrons. The van der Waals surface area contributed by atoms with E-state index in [1.807, 2.05) is 0 Å². The Morgan fingerprint density at radius 3 is 2.68 bits per heavy atom. The van der Waals surface area contributed by atoms with Crippen molar-refractivity contribution in [2.45, 2.75) is 38.1 Å². The first-order chi connectivity index (χ1) is 14.7. The van der Waals surface area contributed by atoms with Gasteiger partial charge in [-0.1, -0.05) is 0 Å². The Morgan fingerprint density at radius 1 is 1.19 bits per heavy atom. The van der Waals surface area contributed by atoms with Gasteiger partial charge in [-0.3, -0.25) is 9.59 Å². The Morgan fingerprint density at radius 2 is 1.97 bits per heavy atom. The van der Waals surface area contributed by atoms with E-state index in [1.165, 1.54) is 11.3 Å². The molecule has 3 aromatic rings. The number of nitrogens with zero attached hydrogens (tertiary/aromatic N) is 2. The van der Waals surface area contributed by atoms with E-state index in [2.05, 4.69) is 15.3 Å². The van der Waals surface area contributed by atoms with Crippen LogP contribution >= 0.6 is 11.3 Å². The molecule has 0 spiro atoms. The van der Waals surface area contributed by atoms with Gasteiger partial charge in [0.05, 0.1) is 17.2 Å². The number of hydrogen-bond acceptors (Lipinski definition) is 9. The second-order valence-corrected chi connectivity index (χ2v) is 7.86. The predicted molar refractivity (Wildman–Crippen MR) is 113 cm³/mol. The fourth-order valence-corrected chi connectivity index (χ4v) is 3.99. The summed E-state index contributed by atoms with van der Waals surface area (Å²) in [5.74, 6) is -2.65. The van der Waals surface area contributed by atoms with Gasteiger partial charge in [-0.2, -0.15) is 9.97 Å². The van der Waals surface area contributed by atoms with Crippen molar-refractivity contribution < 1.29 is 29.0 Å². The van der Waals surface area contributed by atoms with Gasteiger partial charge in [-0.05, 0) is 31.7 Å². The smallest absolute Gasteiger partial charge is 0.326 e. The van der Waals surface area contributed by atoms with E-state index >= 15 is 0 Å². The molecule has 0 aliphatic rings. The van der Waals surface area contributed by atoms with Crippen molar-refractivity contribution >= 4 is 52.0 Å². The van der Waals surface area contributed by atoms with Crippen molar-refractivity contribution in [3.05, 3.63) is 33.7 Å². The van der Waals surface area contributed by atoms with E-state index in [-0.39, 0.29) is 24.6 Å². The molecule has 164 valence electrons. The van der Waals surface area contributed by atoms with Gasteiger partial charge in [0.25, 0.3) is 5.91 Å². The molecule has 0 aromatic carbocycles. The van der Waals surface area contributed by atoms with Crippen molar-refractivity contribution in [2.24, 2.45) is 0 Å². The largest absolute Gasteiger partial charge is 0.481 e. The third-order valence-corrected chi connectivity index (χ3v) is 5.59. The number of rotatable bonds is 10. The summed E-state index contributed by atoms with van der Waals surface area (Å²) in [6.07, 6.45) is 3.12. The average Bonchev–Trinajstić information content (AvgIpc) is 3.32. The van der Waals surface area contributed by atoms with Gasteiger partial charge in [0.2, 0.25) is 11.7 Å². The van der Waals surface area contributed by atoms with Crippen molar-refractivity contribution in [2.75, 3.05) is 11.5 Å². The van der Waals surface area contributed by atoms with Crippen LogP contribution in [0.5, 0.6) is 0 Å². The molecule has 11 nitrogen and oxygen atoms in total. The molecule has 7 N–H and O–H groups in total. The second-order valence-electron chi connectivity index (χ2n) is 6.86. The molecule has 0 fully saturated rings. The number of nitrogens with one attached hydrogen (secondary N) is 1. The van der Waals surface area contributed by atoms with E-state index in [4.69, 9.17) is 26.1 Å². The van der Waals surface area contributed by atoms with Crippen LogP contribution in [0, 0.1) is 0 Å². The summed E-state index contributed by atoms with van der Waals surface area (Å²) < 4.78 is 5.39. The minimum atomic E-state index is -1.28. The molecule has 1 unspecified atom stereocenters. The van der Waals surface area contributed by atoms with Crippen LogP contribution < -0.4 is 16.8 Å². The number of carboxylic acid groups (broad SMARTS) is 2. The van der Waals surface area contributed by atoms with Crippen molar-refractivity contribution in [3.63, 3.8) is 0 Å². The summed E-state index contributed by atoms with van der Waals surface area (Å²) in [6.45, 7) is 0. The third kappa shape index (κ3) is 5.48. The highest BCUT2D eigenvalue weighted by molar-refractivity contribution is 7.10. The van der Waals surface area contributed by atoms with E-state index < -0.39 is 23.9 Å². The summed E-state index contributed by atoms with van der Waals surface area (Å²) in [6, 6.07) is 0.435. The Balaban J connectivity index is 1.57. The van der Waals surface area contributed by atoms with Crippen LogP contribution in [-0.4, -0.2) is 44.1 Å². The van der Waals surface area contributed by atoms with Gasteiger partial charge in [0, 0.05) is 22.2 Å². The maximum atomic E-state index is 12.3. The number of carbonyl (C=O) groups is 3. The van der Waals surface area contributed by atoms with Crippen LogP contribution in [0.2, 0.25) is 0 Å². The Hall–Kier alpha value is -3.67. The van der Waals surface area contributed by atoms with Gasteiger partial charge in [0.15, 0.2) is 0 Å². The molecule has 12 heteroatoms. The monoisotopic (exact) mass is 447 g/mol. The number of furan rings is 1. The van der Waals surface area contributed by atoms with Gasteiger partial charge in [-0.25, -0.2) is 4.79 Å². The predicted octanol–water partition coefficient (Wildman–Crippen LogP) is 1.67. The lowest BCUT2D eigenvalue weighted by Gasteiger charge is -2.12. The van der Waals surface area contributed by atoms with Crippen LogP contribution in [-0.2, 0) is 22.4 Å². The number of hydrogen-bond donors (Lipinski definition) is 5. The molecule has 3 heterocycles. The van der Waals surface area contributed by atoms with Crippen molar-refractivity contribution in [1.82, 2.24) is 15.3 Å². The number of nitrogens with two attached hydrogens (primary N) is 2. The molecule has 0 saturated heterocycles. The minimum Gasteiger partial charge on any atom is -0.481 e. The number of thiophene rings is 1. The number of aryl methyl sites for hydroxylation is 2. The Kier molecular flexibility index (Phi) is 6.70. The van der Waals surface area contributed by atoms with Crippen molar-refractivity contribution in [3.8, 4) is 0 Å². The number of fused-ring (bicyclic) bond motifs is 1. The number of anilines is 2. The minimum absolute atomic E-state index is 0.0448. The standard InChI is InChI=1S/C19H21N5O6S/c20-15-14-9(7-30-17(14)24-19(21)23-15)2-1-3-11-6-10(8-31-11)16(27)22-12(18(28)29)4-5-13(25)26/h6-8,12H,1-5H2,(H,22,27)(H,25,26)(H,28,29)(H4,20,21,23,24). The molecule has 0 saturated carbocycles. The first-order valence-corrected chi connectivity index (χ1v) is 10.2. The summed E-state index contributed by atoms with van der Waals surface area (Å²) in [5.41, 5.74) is 13.0. The lowest BCUT2D eigenvalue weighted by Crippen LogP contribution is -2.41. The van der Waals surface area contributed by atoms with Gasteiger partial charge in [-0.15, -0.1) is 11.3 Å². The highest BCUT2D eigenvalue weighted by atomic mass is 32.1. The lowest BCUT2D eigenvalue weighted by molar-refractivity contribution is -0.140. The zero-order valence-electron chi connectivity index (χ0n) is 16.3. The summed E-state index contributed by atoms with van der Waals surface area (Å²) >= 11 is 1.39. The maximum absolute atomic E-state index is 12.3. The zero-order valence-corrected chi connectivity index (χ0v) is 17.1. The number of carboxylic acids is 2. The van der Waals surface area contributed by atoms with E-state index in [0.717, 1.165) is 16.9 Å². The molecule has 0 aliphatic carbocycles. The molecule has 3 aromatic heterocycles. The fourth-order valence-electron chi connectivity index (χ4n) is 3.08. The SMILES string of the molecule is Nc1nc(N)c2c(CCCc3cc(C(=O)NC(CCC(=O)O)C(=O)O)cs3)coc2n1. The summed E-state index contributed by atoms with van der Waals surface area (Å²) in [4.78, 5) is 43.1. The molecular weight excluding hydrogens is 426 g/mol. The number of amides is 1. The number of carbonyl (C=O) groups excluding carboxylic acids is 1. The number of aromatic nitrogens is 2. The first-order valence-electron chi connectivity index (χ1n) is 9.36. The quantitative estimate of drug-likeness (QED) is 0.305. The molecule has 1 amide bonds. The maximum Gasteiger partial charge on any atom is 0.326 e. The lowest BCUT2D eigenvalue weighted by atomic mass is 10.1. The van der Waals surface area contributed by atoms with Gasteiger partial charge >= 0.3 is 11.9 Å². The second kappa shape index (κ2) is 9.43. The molecule has 0 bridgehead atoms. The third-order valence-electron chi connectivity index (χ3n) is 4.59. The van der Waals surface area contributed by atoms with E-state index in [9.17, 15) is 14.4 Å². The number of nitrogen functional groups attached to an aromatic ring is 2. The van der Waals surface area contributed by atoms with Crippen LogP contribution in [0.15, 0.2) is 22.1 Å². The molecule has 31 heavy (non-hydrogen) atoms. The normalized spacial score (nSPS) is 12.0. The van der Waals surface area contributed by atoms with Crippen molar-refractivity contribution in [1.29, 1.82) is 0 Å². The molecule has 0 aliphatic heterocycles. The summed E-state index contributed by atoms with van der Waals surface area (Å²) in [7, 11) is 0. The average molecular weight is 447 g/mol. The fraction of sp³-hybridized carbons (Fsp3) is 0.316. The molecule has 1 atom stereocenters. The highest BCUT2D eigenvalue weighted by Crippen LogP contribution is 2.27. The van der Waals surface area contributed by atoms with E-state index in [0.29, 0.717) is 29.5 Å².